The minimum Gasteiger partial charge on any atom is -0.508 e. The second-order valence-corrected chi connectivity index (χ2v) is 24.0. The SMILES string of the molecule is CC(C)C[C@@H](NC(=O)[C@H](Cc1c[nH]c2ccccc12)NC(=O)[C@@H](Cc1ccc(O)cc1)NC(=O)[C@H](CO)NC(=O)[C@@H](Cc1c[nH]c2ccccc12)NC(=O)[C@H](Cc1cnc[nH]1)NC(=O)C1CCC(=O)N1)C(=O)N[C@@H](CCCN=C(N)N)C(=O)N1CCC[C@H]1C(=O)NCC(N)=O. The number of aromatic nitrogens is 4. The van der Waals surface area contributed by atoms with Gasteiger partial charge in [0.05, 0.1) is 19.5 Å². The van der Waals surface area contributed by atoms with Gasteiger partial charge in [0.1, 0.15) is 60.1 Å². The van der Waals surface area contributed by atoms with Gasteiger partial charge in [-0.15, -0.1) is 0 Å². The number of nitrogens with one attached hydrogen (secondary N) is 12. The van der Waals surface area contributed by atoms with E-state index in [9.17, 15) is 53.4 Å². The number of likely N-dealkylation sites (tertiary alicyclic amines) is 1. The molecule has 9 atom stereocenters. The van der Waals surface area contributed by atoms with Gasteiger partial charge in [0, 0.05) is 91.3 Å². The van der Waals surface area contributed by atoms with Crippen molar-refractivity contribution in [2.75, 3.05) is 26.2 Å². The fourth-order valence-corrected chi connectivity index (χ4v) is 11.5. The molecular formula is C64H82N18O13. The number of nitrogens with two attached hydrogens (primary N) is 3. The molecule has 506 valence electrons. The fraction of sp³-hybridized carbons (Fsp3) is 0.422. The Bertz CT molecular complexity index is 3750. The van der Waals surface area contributed by atoms with E-state index in [-0.39, 0.29) is 101 Å². The van der Waals surface area contributed by atoms with E-state index < -0.39 is 127 Å². The third-order valence-electron chi connectivity index (χ3n) is 16.4. The van der Waals surface area contributed by atoms with Crippen LogP contribution < -0.4 is 65.1 Å². The molecule has 1 unspecified atom stereocenters. The average molecular weight is 1310 g/mol. The molecule has 0 saturated carbocycles. The molecule has 31 nitrogen and oxygen atoms in total. The molecule has 8 rings (SSSR count). The predicted octanol–water partition coefficient (Wildman–Crippen LogP) is -2.29. The summed E-state index contributed by atoms with van der Waals surface area (Å²) in [5, 5.41) is 46.5. The summed E-state index contributed by atoms with van der Waals surface area (Å²) in [6, 6.07) is 7.78. The number of rotatable bonds is 33. The number of imidazole rings is 1. The van der Waals surface area contributed by atoms with Crippen LogP contribution in [0.25, 0.3) is 21.8 Å². The lowest BCUT2D eigenvalue weighted by Gasteiger charge is -2.30. The van der Waals surface area contributed by atoms with E-state index in [2.05, 4.69) is 72.8 Å². The number of phenolic OH excluding ortho intramolecular Hbond substituents is 1. The zero-order valence-electron chi connectivity index (χ0n) is 52.6. The molecule has 2 aliphatic heterocycles. The zero-order chi connectivity index (χ0) is 68.3. The van der Waals surface area contributed by atoms with Crippen LogP contribution in [0, 0.1) is 5.92 Å². The highest BCUT2D eigenvalue weighted by Crippen LogP contribution is 2.24. The molecule has 0 radical (unpaired) electrons. The Labute approximate surface area is 545 Å². The lowest BCUT2D eigenvalue weighted by molar-refractivity contribution is -0.142. The Hall–Kier alpha value is -10.8. The van der Waals surface area contributed by atoms with Crippen LogP contribution in [0.5, 0.6) is 5.75 Å². The van der Waals surface area contributed by atoms with E-state index in [1.165, 1.54) is 41.7 Å². The quantitative estimate of drug-likeness (QED) is 0.0117. The number of aliphatic hydroxyl groups is 1. The first-order valence-corrected chi connectivity index (χ1v) is 31.3. The highest BCUT2D eigenvalue weighted by molar-refractivity contribution is 6.00. The van der Waals surface area contributed by atoms with Gasteiger partial charge in [-0.05, 0) is 85.4 Å². The maximum atomic E-state index is 15.1. The number of phenols is 1. The number of para-hydroxylation sites is 2. The number of aliphatic imine (C=N–C) groups is 1. The molecule has 6 aromatic rings. The second kappa shape index (κ2) is 33.1. The van der Waals surface area contributed by atoms with Crippen molar-refractivity contribution < 1.29 is 63.0 Å². The predicted molar refractivity (Wildman–Crippen MR) is 346 cm³/mol. The Balaban J connectivity index is 1.05. The molecule has 5 heterocycles. The molecule has 95 heavy (non-hydrogen) atoms. The van der Waals surface area contributed by atoms with Crippen LogP contribution in [-0.4, -0.2) is 187 Å². The van der Waals surface area contributed by atoms with E-state index in [0.29, 0.717) is 50.6 Å². The van der Waals surface area contributed by atoms with Crippen molar-refractivity contribution in [2.45, 2.75) is 139 Å². The molecule has 0 spiro atoms. The number of aliphatic hydroxyl groups excluding tert-OH is 1. The van der Waals surface area contributed by atoms with Crippen molar-refractivity contribution in [2.24, 2.45) is 28.1 Å². The number of guanidine groups is 1. The molecule has 0 bridgehead atoms. The monoisotopic (exact) mass is 1310 g/mol. The van der Waals surface area contributed by atoms with Gasteiger partial charge in [-0.25, -0.2) is 4.98 Å². The summed E-state index contributed by atoms with van der Waals surface area (Å²) in [6.45, 7) is 2.33. The number of fused-ring (bicyclic) bond motifs is 2. The molecule has 2 saturated heterocycles. The third kappa shape index (κ3) is 19.6. The van der Waals surface area contributed by atoms with Crippen molar-refractivity contribution in [3.63, 3.8) is 0 Å². The first-order valence-electron chi connectivity index (χ1n) is 31.3. The zero-order valence-corrected chi connectivity index (χ0v) is 52.6. The number of amides is 11. The minimum atomic E-state index is -1.80. The summed E-state index contributed by atoms with van der Waals surface area (Å²) < 4.78 is 0. The first kappa shape index (κ1) is 70.0. The molecule has 20 N–H and O–H groups in total. The number of carbonyl (C=O) groups excluding carboxylic acids is 11. The number of nitrogens with zero attached hydrogens (tertiary/aromatic N) is 3. The lowest BCUT2D eigenvalue weighted by Crippen LogP contribution is -2.61. The third-order valence-corrected chi connectivity index (χ3v) is 16.4. The van der Waals surface area contributed by atoms with Gasteiger partial charge in [-0.2, -0.15) is 0 Å². The molecule has 3 aromatic heterocycles. The highest BCUT2D eigenvalue weighted by Gasteiger charge is 2.40. The van der Waals surface area contributed by atoms with Crippen LogP contribution in [0.1, 0.15) is 81.2 Å². The van der Waals surface area contributed by atoms with E-state index in [1.54, 1.807) is 74.8 Å². The van der Waals surface area contributed by atoms with Crippen molar-refractivity contribution >= 4 is 92.7 Å². The van der Waals surface area contributed by atoms with Crippen LogP contribution in [0.2, 0.25) is 0 Å². The van der Waals surface area contributed by atoms with Crippen LogP contribution in [0.4, 0.5) is 0 Å². The molecular weight excluding hydrogens is 1230 g/mol. The maximum absolute atomic E-state index is 15.1. The summed E-state index contributed by atoms with van der Waals surface area (Å²) in [5.41, 5.74) is 19.8. The van der Waals surface area contributed by atoms with Gasteiger partial charge in [0.2, 0.25) is 65.0 Å². The summed E-state index contributed by atoms with van der Waals surface area (Å²) in [6.07, 6.45) is 6.51. The number of aromatic hydroxyl groups is 1. The van der Waals surface area contributed by atoms with Crippen LogP contribution in [0.3, 0.4) is 0 Å². The summed E-state index contributed by atoms with van der Waals surface area (Å²) in [7, 11) is 0. The smallest absolute Gasteiger partial charge is 0.245 e. The lowest BCUT2D eigenvalue weighted by atomic mass is 9.99. The minimum absolute atomic E-state index is 0.00905. The molecule has 2 fully saturated rings. The molecule has 2 aliphatic rings. The molecule has 3 aromatic carbocycles. The molecule has 11 amide bonds. The number of hydrogen-bond donors (Lipinski definition) is 17. The van der Waals surface area contributed by atoms with Gasteiger partial charge in [0.15, 0.2) is 5.96 Å². The van der Waals surface area contributed by atoms with Crippen LogP contribution in [0.15, 0.2) is 103 Å². The van der Waals surface area contributed by atoms with E-state index in [1.807, 2.05) is 0 Å². The van der Waals surface area contributed by atoms with Gasteiger partial charge in [-0.1, -0.05) is 62.4 Å². The Kier molecular flexibility index (Phi) is 24.4. The van der Waals surface area contributed by atoms with Gasteiger partial charge in [-0.3, -0.25) is 57.7 Å². The number of aromatic amines is 3. The van der Waals surface area contributed by atoms with E-state index in [0.717, 1.165) is 0 Å². The van der Waals surface area contributed by atoms with Gasteiger partial charge < -0.3 is 95.1 Å². The largest absolute Gasteiger partial charge is 0.508 e. The maximum Gasteiger partial charge on any atom is 0.245 e. The Morgan fingerprint density at radius 3 is 1.72 bits per heavy atom. The second-order valence-electron chi connectivity index (χ2n) is 24.0. The number of H-pyrrole nitrogens is 3. The van der Waals surface area contributed by atoms with Crippen molar-refractivity contribution in [3.05, 3.63) is 120 Å². The topological polar surface area (TPSA) is 490 Å². The average Bonchev–Trinajstić information content (AvgIpc) is 1.81. The summed E-state index contributed by atoms with van der Waals surface area (Å²) >= 11 is 0. The van der Waals surface area contributed by atoms with E-state index >= 15 is 9.59 Å². The highest BCUT2D eigenvalue weighted by atomic mass is 16.3. The van der Waals surface area contributed by atoms with Crippen LogP contribution >= 0.6 is 0 Å². The number of primary amides is 1. The van der Waals surface area contributed by atoms with Crippen molar-refractivity contribution in [3.8, 4) is 5.75 Å². The Morgan fingerprint density at radius 2 is 1.18 bits per heavy atom. The van der Waals surface area contributed by atoms with Gasteiger partial charge in [0.25, 0.3) is 0 Å². The number of benzene rings is 3. The first-order chi connectivity index (χ1) is 45.5. The van der Waals surface area contributed by atoms with Crippen molar-refractivity contribution in [1.29, 1.82) is 0 Å². The number of carbonyl (C=O) groups is 11. The number of hydrogen-bond acceptors (Lipinski definition) is 15. The summed E-state index contributed by atoms with van der Waals surface area (Å²) in [5.74, 6) is -9.04. The standard InChI is InChI=1S/C64H82N18O13/c1-34(2)23-46(56(88)75-45(13-7-21-69-64(66)67)63(95)82-22-8-14-52(82)62(94)72-31-53(65)85)76-58(90)48(25-36-28-70-42-11-5-3-9-40(36)42)78-57(89)47(24-35-15-17-39(84)18-16-35)77-61(93)51(32-83)81-59(91)49(26-37-29-71-43-12-6-4-10-41(37)43)79-60(92)50(27-38-30-68-33-73-38)80-55(87)44-19-20-54(86)74-44/h3-6,9-12,15-18,28-30,33-34,44-52,70-71,83-84H,7-8,13-14,19-27,31-32H2,1-2H3,(H2,65,85)(H,68,73)(H,72,94)(H,74,86)(H,75,88)(H,76,90)(H,77,93)(H,78,89)(H,79,92)(H,80,87)(H,81,91)(H4,66,67,69)/t44?,45-,46+,47+,48-,49+,50-,51-,52-/m0/s1. The van der Waals surface area contributed by atoms with Gasteiger partial charge >= 0.3 is 0 Å². The van der Waals surface area contributed by atoms with E-state index in [4.69, 9.17) is 17.2 Å². The fourth-order valence-electron chi connectivity index (χ4n) is 11.5. The van der Waals surface area contributed by atoms with Crippen LogP contribution in [-0.2, 0) is 78.4 Å². The molecule has 0 aliphatic carbocycles. The normalized spacial score (nSPS) is 16.6. The Morgan fingerprint density at radius 1 is 0.642 bits per heavy atom. The van der Waals surface area contributed by atoms with Crippen molar-refractivity contribution in [1.82, 2.24) is 72.7 Å². The summed E-state index contributed by atoms with van der Waals surface area (Å²) in [4.78, 5) is 172. The molecule has 31 heteroatoms.